The summed E-state index contributed by atoms with van der Waals surface area (Å²) in [4.78, 5) is 24.6. The second-order valence-electron chi connectivity index (χ2n) is 8.76. The number of ether oxygens (including phenoxy) is 2. The molecule has 8 rings (SSSR count). The van der Waals surface area contributed by atoms with Crippen LogP contribution in [0, 0.1) is 0 Å². The molecule has 0 aliphatic carbocycles. The first-order chi connectivity index (χ1) is 17.7. The van der Waals surface area contributed by atoms with E-state index >= 15 is 0 Å². The maximum Gasteiger partial charge on any atom is 0.226 e. The van der Waals surface area contributed by atoms with Gasteiger partial charge in [-0.2, -0.15) is 5.10 Å². The fourth-order valence-electron chi connectivity index (χ4n) is 4.66. The number of halogens is 1. The van der Waals surface area contributed by atoms with Crippen molar-refractivity contribution in [2.24, 2.45) is 0 Å². The van der Waals surface area contributed by atoms with Gasteiger partial charge in [-0.15, -0.1) is 0 Å². The number of fused-ring (bicyclic) bond motifs is 5. The molecule has 3 aliphatic rings. The van der Waals surface area contributed by atoms with E-state index in [1.165, 1.54) is 12.7 Å². The van der Waals surface area contributed by atoms with Crippen LogP contribution in [0.2, 0.25) is 5.02 Å². The Hall–Kier alpha value is -4.09. The van der Waals surface area contributed by atoms with Gasteiger partial charge in [0.05, 0.1) is 30.0 Å². The molecule has 12 heteroatoms. The van der Waals surface area contributed by atoms with Gasteiger partial charge in [0.1, 0.15) is 35.2 Å². The van der Waals surface area contributed by atoms with Crippen molar-refractivity contribution < 1.29 is 9.47 Å². The first-order valence-corrected chi connectivity index (χ1v) is 12.0. The summed E-state index contributed by atoms with van der Waals surface area (Å²) in [5, 5.41) is 7.85. The van der Waals surface area contributed by atoms with Crippen molar-refractivity contribution in [3.63, 3.8) is 0 Å². The molecule has 4 aromatic heterocycles. The Morgan fingerprint density at radius 3 is 2.86 bits per heavy atom. The van der Waals surface area contributed by atoms with Crippen LogP contribution in [0.3, 0.4) is 0 Å². The fraction of sp³-hybridized carbons (Fsp3) is 0.250. The number of hydrogen-bond acceptors (Lipinski definition) is 10. The average Bonchev–Trinajstić information content (AvgIpc) is 3.39. The fourth-order valence-corrected chi connectivity index (χ4v) is 4.87. The molecule has 0 radical (unpaired) electrons. The minimum atomic E-state index is 0.236. The Balaban J connectivity index is 1.15. The van der Waals surface area contributed by atoms with Crippen LogP contribution in [0.4, 0.5) is 17.5 Å². The van der Waals surface area contributed by atoms with E-state index in [1.807, 2.05) is 6.07 Å². The van der Waals surface area contributed by atoms with Crippen molar-refractivity contribution in [2.45, 2.75) is 25.0 Å². The first-order valence-electron chi connectivity index (χ1n) is 11.6. The molecule has 0 unspecified atom stereocenters. The van der Waals surface area contributed by atoms with E-state index < -0.39 is 0 Å². The van der Waals surface area contributed by atoms with E-state index in [1.54, 1.807) is 41.2 Å². The van der Waals surface area contributed by atoms with E-state index in [-0.39, 0.29) is 6.10 Å². The second kappa shape index (κ2) is 8.54. The number of hydrogen-bond donors (Lipinski definition) is 1. The number of morpholine rings is 1. The number of anilines is 3. The Labute approximate surface area is 210 Å². The van der Waals surface area contributed by atoms with E-state index in [4.69, 9.17) is 26.1 Å². The molecule has 1 N–H and O–H groups in total. The summed E-state index contributed by atoms with van der Waals surface area (Å²) in [5.41, 5.74) is 2.72. The summed E-state index contributed by atoms with van der Waals surface area (Å²) in [6, 6.07) is 9.34. The Morgan fingerprint density at radius 2 is 2.03 bits per heavy atom. The lowest BCUT2D eigenvalue weighted by atomic mass is 9.97. The van der Waals surface area contributed by atoms with Crippen LogP contribution in [0.25, 0.3) is 16.7 Å². The lowest BCUT2D eigenvalue weighted by Gasteiger charge is -2.45. The zero-order chi connectivity index (χ0) is 24.1. The molecule has 3 saturated heterocycles. The molecule has 0 spiro atoms. The lowest BCUT2D eigenvalue weighted by molar-refractivity contribution is -0.0231. The first kappa shape index (κ1) is 21.2. The smallest absolute Gasteiger partial charge is 0.226 e. The van der Waals surface area contributed by atoms with Crippen LogP contribution in [0.15, 0.2) is 55.4 Å². The summed E-state index contributed by atoms with van der Waals surface area (Å²) < 4.78 is 13.5. The van der Waals surface area contributed by atoms with Gasteiger partial charge in [-0.25, -0.2) is 29.4 Å². The molecule has 180 valence electrons. The third-order valence-corrected chi connectivity index (χ3v) is 6.78. The molecule has 36 heavy (non-hydrogen) atoms. The van der Waals surface area contributed by atoms with Crippen LogP contribution < -0.4 is 15.0 Å². The lowest BCUT2D eigenvalue weighted by Crippen LogP contribution is -2.55. The molecule has 2 atom stereocenters. The maximum absolute atomic E-state index is 6.55. The van der Waals surface area contributed by atoms with E-state index in [9.17, 15) is 0 Å². The van der Waals surface area contributed by atoms with Crippen LogP contribution in [0.5, 0.6) is 11.5 Å². The minimum Gasteiger partial charge on any atom is -0.456 e. The largest absolute Gasteiger partial charge is 0.456 e. The highest BCUT2D eigenvalue weighted by Gasteiger charge is 2.36. The number of rotatable bonds is 5. The molecule has 11 nitrogen and oxygen atoms in total. The highest BCUT2D eigenvalue weighted by atomic mass is 35.5. The number of piperidine rings is 1. The third kappa shape index (κ3) is 3.82. The summed E-state index contributed by atoms with van der Waals surface area (Å²) in [6.07, 6.45) is 8.90. The molecule has 3 aliphatic heterocycles. The van der Waals surface area contributed by atoms with Crippen molar-refractivity contribution >= 4 is 45.7 Å². The quantitative estimate of drug-likeness (QED) is 0.378. The van der Waals surface area contributed by atoms with Crippen LogP contribution in [-0.4, -0.2) is 59.8 Å². The van der Waals surface area contributed by atoms with Gasteiger partial charge < -0.3 is 19.7 Å². The van der Waals surface area contributed by atoms with Gasteiger partial charge in [-0.1, -0.05) is 11.6 Å². The second-order valence-corrected chi connectivity index (χ2v) is 9.17. The number of pyridine rings is 1. The molecule has 1 aromatic carbocycles. The van der Waals surface area contributed by atoms with Crippen molar-refractivity contribution in [3.8, 4) is 11.5 Å². The van der Waals surface area contributed by atoms with Crippen molar-refractivity contribution in [3.05, 3.63) is 60.4 Å². The van der Waals surface area contributed by atoms with Gasteiger partial charge in [-0.3, -0.25) is 0 Å². The highest BCUT2D eigenvalue weighted by Crippen LogP contribution is 2.34. The standard InChI is InChI=1S/C24H20ClN9O2/c25-18-7-14(1-4-20(18)36-16-5-6-34-21(8-16)28-13-30-34)31-23-22-19(27-12-29-23)9-26-24(32-22)33-10-17-3-2-15(33)11-35-17/h1,4-9,12-13,15,17H,2-3,10-11H2,(H,27,29,31)/t15-,17-/m1/s1. The molecule has 2 bridgehead atoms. The molecule has 5 aromatic rings. The predicted molar refractivity (Wildman–Crippen MR) is 133 cm³/mol. The van der Waals surface area contributed by atoms with Crippen LogP contribution >= 0.6 is 11.6 Å². The average molecular weight is 502 g/mol. The van der Waals surface area contributed by atoms with Crippen molar-refractivity contribution in [1.82, 2.24) is 34.5 Å². The van der Waals surface area contributed by atoms with Crippen molar-refractivity contribution in [1.29, 1.82) is 0 Å². The molecule has 0 amide bonds. The predicted octanol–water partition coefficient (Wildman–Crippen LogP) is 4.02. The number of aromatic nitrogens is 7. The van der Waals surface area contributed by atoms with Gasteiger partial charge in [0, 0.05) is 24.5 Å². The van der Waals surface area contributed by atoms with Gasteiger partial charge >= 0.3 is 0 Å². The summed E-state index contributed by atoms with van der Waals surface area (Å²) in [5.74, 6) is 2.38. The number of nitrogens with one attached hydrogen (secondary N) is 1. The van der Waals surface area contributed by atoms with Gasteiger partial charge in [0.2, 0.25) is 5.95 Å². The zero-order valence-corrected chi connectivity index (χ0v) is 19.7. The minimum absolute atomic E-state index is 0.236. The van der Waals surface area contributed by atoms with Crippen molar-refractivity contribution in [2.75, 3.05) is 23.4 Å². The number of benzene rings is 1. The molecular weight excluding hydrogens is 482 g/mol. The molecule has 3 fully saturated rings. The molecular formula is C24H20ClN9O2. The highest BCUT2D eigenvalue weighted by molar-refractivity contribution is 6.32. The van der Waals surface area contributed by atoms with Gasteiger partial charge in [0.25, 0.3) is 0 Å². The normalized spacial score (nSPS) is 19.2. The Morgan fingerprint density at radius 1 is 1.06 bits per heavy atom. The topological polar surface area (TPSA) is 115 Å². The van der Waals surface area contributed by atoms with E-state index in [2.05, 4.69) is 35.3 Å². The van der Waals surface area contributed by atoms with Gasteiger partial charge in [-0.05, 0) is 37.1 Å². The third-order valence-electron chi connectivity index (χ3n) is 6.48. The monoisotopic (exact) mass is 501 g/mol. The Bertz CT molecular complexity index is 1590. The Kier molecular flexibility index (Phi) is 5.03. The van der Waals surface area contributed by atoms with Gasteiger partial charge in [0.15, 0.2) is 11.5 Å². The number of nitrogens with zero attached hydrogens (tertiary/aromatic N) is 8. The zero-order valence-electron chi connectivity index (χ0n) is 19.0. The van der Waals surface area contributed by atoms with E-state index in [0.717, 1.165) is 25.1 Å². The van der Waals surface area contributed by atoms with Crippen LogP contribution in [0.1, 0.15) is 12.8 Å². The maximum atomic E-state index is 6.55. The molecule has 7 heterocycles. The summed E-state index contributed by atoms with van der Waals surface area (Å²) in [7, 11) is 0. The SMILES string of the molecule is Clc1cc(Nc2ncnc3cnc(N4C[C@H]5CC[C@@H]4CO5)nc23)ccc1Oc1ccn2ncnc2c1. The van der Waals surface area contributed by atoms with E-state index in [0.29, 0.717) is 57.6 Å². The summed E-state index contributed by atoms with van der Waals surface area (Å²) in [6.45, 7) is 1.51. The van der Waals surface area contributed by atoms with Crippen LogP contribution in [-0.2, 0) is 4.74 Å². The summed E-state index contributed by atoms with van der Waals surface area (Å²) >= 11 is 6.55. The molecule has 0 saturated carbocycles.